The number of benzene rings is 1. The van der Waals surface area contributed by atoms with Crippen LogP contribution in [-0.4, -0.2) is 29.7 Å². The molecule has 1 aromatic carbocycles. The summed E-state index contributed by atoms with van der Waals surface area (Å²) in [5.74, 6) is -1.20. The molecule has 1 unspecified atom stereocenters. The van der Waals surface area contributed by atoms with Gasteiger partial charge < -0.3 is 14.2 Å². The molecular formula is C17H17F2N3O3. The number of hydrogen-bond donors (Lipinski definition) is 0. The van der Waals surface area contributed by atoms with Crippen LogP contribution in [-0.2, 0) is 15.1 Å². The molecule has 0 bridgehead atoms. The molecule has 2 aromatic rings. The minimum absolute atomic E-state index is 0.0565. The minimum Gasteiger partial charge on any atom is -0.370 e. The van der Waals surface area contributed by atoms with Crippen LogP contribution in [0.1, 0.15) is 43.3 Å². The molecule has 0 radical (unpaired) electrons. The summed E-state index contributed by atoms with van der Waals surface area (Å²) >= 11 is 0. The fraction of sp³-hybridized carbons (Fsp3) is 0.471. The summed E-state index contributed by atoms with van der Waals surface area (Å²) in [5.41, 5.74) is -0.436. The fourth-order valence-electron chi connectivity index (χ4n) is 3.41. The van der Waals surface area contributed by atoms with Crippen LogP contribution in [0.2, 0.25) is 0 Å². The van der Waals surface area contributed by atoms with Crippen molar-refractivity contribution in [2.75, 3.05) is 18.6 Å². The van der Waals surface area contributed by atoms with E-state index in [1.165, 1.54) is 11.0 Å². The van der Waals surface area contributed by atoms with E-state index in [1.54, 1.807) is 7.11 Å². The molecule has 8 heteroatoms. The van der Waals surface area contributed by atoms with Crippen LogP contribution >= 0.6 is 0 Å². The summed E-state index contributed by atoms with van der Waals surface area (Å²) in [6.45, 7) is 0.211. The Morgan fingerprint density at radius 1 is 1.36 bits per heavy atom. The second kappa shape index (κ2) is 5.87. The van der Waals surface area contributed by atoms with Gasteiger partial charge in [0.15, 0.2) is 0 Å². The minimum atomic E-state index is -0.770. The van der Waals surface area contributed by atoms with Crippen molar-refractivity contribution >= 4 is 11.6 Å². The number of methoxy groups -OCH3 is 1. The maximum atomic E-state index is 14.0. The van der Waals surface area contributed by atoms with E-state index in [-0.39, 0.29) is 30.5 Å². The lowest BCUT2D eigenvalue weighted by Crippen LogP contribution is -2.37. The van der Waals surface area contributed by atoms with Crippen molar-refractivity contribution in [2.45, 2.75) is 37.2 Å². The van der Waals surface area contributed by atoms with E-state index in [0.717, 1.165) is 31.4 Å². The van der Waals surface area contributed by atoms with Gasteiger partial charge in [0.1, 0.15) is 17.2 Å². The zero-order valence-electron chi connectivity index (χ0n) is 13.7. The number of carbonyl (C=O) groups excluding carboxylic acids is 1. The van der Waals surface area contributed by atoms with Gasteiger partial charge in [-0.05, 0) is 31.4 Å². The van der Waals surface area contributed by atoms with Crippen molar-refractivity contribution in [3.8, 4) is 0 Å². The molecule has 1 saturated carbocycles. The van der Waals surface area contributed by atoms with Crippen LogP contribution in [0.15, 0.2) is 22.7 Å². The smallest absolute Gasteiger partial charge is 0.232 e. The first-order valence-electron chi connectivity index (χ1n) is 8.17. The van der Waals surface area contributed by atoms with Crippen LogP contribution < -0.4 is 4.90 Å². The molecule has 1 aliphatic carbocycles. The Morgan fingerprint density at radius 2 is 2.16 bits per heavy atom. The largest absolute Gasteiger partial charge is 0.370 e. The molecule has 1 aliphatic heterocycles. The quantitative estimate of drug-likeness (QED) is 0.849. The van der Waals surface area contributed by atoms with E-state index in [0.29, 0.717) is 11.7 Å². The average Bonchev–Trinajstić information content (AvgIpc) is 3.15. The summed E-state index contributed by atoms with van der Waals surface area (Å²) < 4.78 is 37.9. The number of ether oxygens (including phenoxy) is 1. The van der Waals surface area contributed by atoms with Crippen molar-refractivity contribution in [3.05, 3.63) is 41.5 Å². The number of hydrogen-bond acceptors (Lipinski definition) is 5. The van der Waals surface area contributed by atoms with Gasteiger partial charge in [0.25, 0.3) is 0 Å². The van der Waals surface area contributed by atoms with E-state index in [9.17, 15) is 13.6 Å². The maximum absolute atomic E-state index is 14.0. The Balaban J connectivity index is 1.55. The van der Waals surface area contributed by atoms with Crippen molar-refractivity contribution in [1.82, 2.24) is 10.1 Å². The summed E-state index contributed by atoms with van der Waals surface area (Å²) in [6.07, 6.45) is 2.84. The lowest BCUT2D eigenvalue weighted by Gasteiger charge is -2.37. The zero-order valence-corrected chi connectivity index (χ0v) is 13.7. The van der Waals surface area contributed by atoms with Crippen molar-refractivity contribution in [2.24, 2.45) is 0 Å². The molecule has 132 valence electrons. The highest BCUT2D eigenvalue weighted by atomic mass is 19.1. The van der Waals surface area contributed by atoms with Gasteiger partial charge in [0.05, 0.1) is 11.6 Å². The Bertz CT molecular complexity index is 814. The second-order valence-corrected chi connectivity index (χ2v) is 6.51. The molecule has 1 atom stereocenters. The van der Waals surface area contributed by atoms with Gasteiger partial charge in [-0.2, -0.15) is 4.98 Å². The monoisotopic (exact) mass is 349 g/mol. The lowest BCUT2D eigenvalue weighted by atomic mass is 9.79. The van der Waals surface area contributed by atoms with Gasteiger partial charge in [-0.3, -0.25) is 4.79 Å². The first kappa shape index (κ1) is 16.1. The molecule has 1 saturated heterocycles. The first-order valence-corrected chi connectivity index (χ1v) is 8.17. The Hall–Kier alpha value is -2.35. The fourth-order valence-corrected chi connectivity index (χ4v) is 3.41. The number of amides is 1. The van der Waals surface area contributed by atoms with Crippen LogP contribution in [0.5, 0.6) is 0 Å². The number of carbonyl (C=O) groups is 1. The van der Waals surface area contributed by atoms with Crippen LogP contribution in [0.25, 0.3) is 0 Å². The number of aromatic nitrogens is 2. The molecule has 4 rings (SSSR count). The maximum Gasteiger partial charge on any atom is 0.232 e. The summed E-state index contributed by atoms with van der Waals surface area (Å²) in [4.78, 5) is 18.0. The number of anilines is 1. The third kappa shape index (κ3) is 2.60. The van der Waals surface area contributed by atoms with Crippen LogP contribution in [0.3, 0.4) is 0 Å². The van der Waals surface area contributed by atoms with E-state index >= 15 is 0 Å². The van der Waals surface area contributed by atoms with Crippen LogP contribution in [0.4, 0.5) is 14.5 Å². The van der Waals surface area contributed by atoms with Crippen molar-refractivity contribution in [1.29, 1.82) is 0 Å². The van der Waals surface area contributed by atoms with Crippen molar-refractivity contribution < 1.29 is 22.8 Å². The lowest BCUT2D eigenvalue weighted by molar-refractivity contribution is -0.117. The van der Waals surface area contributed by atoms with Crippen LogP contribution in [0, 0.1) is 11.6 Å². The van der Waals surface area contributed by atoms with Gasteiger partial charge in [0.2, 0.25) is 17.6 Å². The summed E-state index contributed by atoms with van der Waals surface area (Å²) in [5, 5.41) is 4.01. The number of halogens is 2. The standard InChI is InChI=1S/C17H17F2N3O3/c1-24-17(5-2-6-17)16-20-15(25-21-16)10-7-14(23)22(9-10)13-4-3-11(18)8-12(13)19/h3-4,8,10H,2,5-7,9H2,1H3. The highest BCUT2D eigenvalue weighted by Crippen LogP contribution is 2.43. The highest BCUT2D eigenvalue weighted by Gasteiger charge is 2.44. The molecule has 1 aromatic heterocycles. The summed E-state index contributed by atoms with van der Waals surface area (Å²) in [6, 6.07) is 3.15. The Morgan fingerprint density at radius 3 is 2.80 bits per heavy atom. The summed E-state index contributed by atoms with van der Waals surface area (Å²) in [7, 11) is 1.62. The zero-order chi connectivity index (χ0) is 17.6. The van der Waals surface area contributed by atoms with Gasteiger partial charge >= 0.3 is 0 Å². The van der Waals surface area contributed by atoms with E-state index < -0.39 is 17.2 Å². The predicted molar refractivity (Wildman–Crippen MR) is 82.9 cm³/mol. The van der Waals surface area contributed by atoms with E-state index in [1.807, 2.05) is 0 Å². The number of rotatable bonds is 4. The molecule has 0 N–H and O–H groups in total. The molecule has 2 aliphatic rings. The molecule has 1 amide bonds. The van der Waals surface area contributed by atoms with E-state index in [4.69, 9.17) is 9.26 Å². The molecular weight excluding hydrogens is 332 g/mol. The molecule has 0 spiro atoms. The average molecular weight is 349 g/mol. The van der Waals surface area contributed by atoms with E-state index in [2.05, 4.69) is 10.1 Å². The highest BCUT2D eigenvalue weighted by molar-refractivity contribution is 5.96. The van der Waals surface area contributed by atoms with Gasteiger partial charge in [0, 0.05) is 26.1 Å². The normalized spacial score (nSPS) is 22.3. The Kier molecular flexibility index (Phi) is 3.79. The molecule has 2 fully saturated rings. The third-order valence-corrected chi connectivity index (χ3v) is 5.08. The number of nitrogens with zero attached hydrogens (tertiary/aromatic N) is 3. The van der Waals surface area contributed by atoms with Gasteiger partial charge in [-0.25, -0.2) is 8.78 Å². The SMILES string of the molecule is COC1(c2noc(C3CC(=O)N(c4ccc(F)cc4F)C3)n2)CCC1. The first-order chi connectivity index (χ1) is 12.0. The second-order valence-electron chi connectivity index (χ2n) is 6.51. The molecule has 2 heterocycles. The van der Waals surface area contributed by atoms with Gasteiger partial charge in [-0.1, -0.05) is 5.16 Å². The Labute approximate surface area is 142 Å². The predicted octanol–water partition coefficient (Wildman–Crippen LogP) is 2.89. The van der Waals surface area contributed by atoms with Gasteiger partial charge in [-0.15, -0.1) is 0 Å². The molecule has 25 heavy (non-hydrogen) atoms. The topological polar surface area (TPSA) is 68.5 Å². The van der Waals surface area contributed by atoms with Crippen molar-refractivity contribution in [3.63, 3.8) is 0 Å². The third-order valence-electron chi connectivity index (χ3n) is 5.08. The molecule has 6 nitrogen and oxygen atoms in total.